The lowest BCUT2D eigenvalue weighted by Gasteiger charge is -2.17. The van der Waals surface area contributed by atoms with E-state index >= 15 is 0 Å². The number of hydrogen-bond acceptors (Lipinski definition) is 3. The van der Waals surface area contributed by atoms with Gasteiger partial charge in [-0.05, 0) is 12.1 Å². The minimum absolute atomic E-state index is 0.122. The van der Waals surface area contributed by atoms with Gasteiger partial charge in [-0.15, -0.1) is 0 Å². The molecule has 1 rings (SSSR count). The summed E-state index contributed by atoms with van der Waals surface area (Å²) in [6.45, 7) is 5.40. The Morgan fingerprint density at radius 3 is 2.56 bits per heavy atom. The SMILES string of the molecule is CC(C)(C)C(=O)Nc1ccc(C#N)nc1Cl. The Bertz CT molecular complexity index is 457. The van der Waals surface area contributed by atoms with Crippen LogP contribution in [0.15, 0.2) is 12.1 Å². The molecule has 0 unspecified atom stereocenters. The molecule has 0 atom stereocenters. The van der Waals surface area contributed by atoms with Crippen molar-refractivity contribution in [2.45, 2.75) is 20.8 Å². The fourth-order valence-corrected chi connectivity index (χ4v) is 1.10. The standard InChI is InChI=1S/C11H12ClN3O/c1-11(2,3)10(16)15-8-5-4-7(6-13)14-9(8)12/h4-5H,1-3H3,(H,15,16). The number of aromatic nitrogens is 1. The van der Waals surface area contributed by atoms with Crippen LogP contribution in [0.25, 0.3) is 0 Å². The summed E-state index contributed by atoms with van der Waals surface area (Å²) in [6, 6.07) is 4.94. The Labute approximate surface area is 99.2 Å². The van der Waals surface area contributed by atoms with Gasteiger partial charge in [0.05, 0.1) is 5.69 Å². The molecule has 0 aliphatic carbocycles. The maximum Gasteiger partial charge on any atom is 0.229 e. The Morgan fingerprint density at radius 1 is 1.50 bits per heavy atom. The van der Waals surface area contributed by atoms with Crippen molar-refractivity contribution in [1.82, 2.24) is 4.98 Å². The van der Waals surface area contributed by atoms with Crippen LogP contribution in [0.4, 0.5) is 5.69 Å². The van der Waals surface area contributed by atoms with Crippen LogP contribution in [0.1, 0.15) is 26.5 Å². The van der Waals surface area contributed by atoms with E-state index < -0.39 is 5.41 Å². The largest absolute Gasteiger partial charge is 0.323 e. The summed E-state index contributed by atoms with van der Waals surface area (Å²) in [6.07, 6.45) is 0. The van der Waals surface area contributed by atoms with E-state index in [1.54, 1.807) is 26.8 Å². The molecule has 84 valence electrons. The van der Waals surface area contributed by atoms with Gasteiger partial charge >= 0.3 is 0 Å². The van der Waals surface area contributed by atoms with Crippen molar-refractivity contribution in [2.24, 2.45) is 5.41 Å². The lowest BCUT2D eigenvalue weighted by Crippen LogP contribution is -2.27. The number of pyridine rings is 1. The van der Waals surface area contributed by atoms with Crippen LogP contribution in [-0.4, -0.2) is 10.9 Å². The van der Waals surface area contributed by atoms with Crippen LogP contribution in [0, 0.1) is 16.7 Å². The number of halogens is 1. The van der Waals surface area contributed by atoms with Gasteiger partial charge in [-0.25, -0.2) is 4.98 Å². The van der Waals surface area contributed by atoms with E-state index in [1.165, 1.54) is 6.07 Å². The van der Waals surface area contributed by atoms with Crippen LogP contribution in [0.5, 0.6) is 0 Å². The van der Waals surface area contributed by atoms with Crippen molar-refractivity contribution in [3.8, 4) is 6.07 Å². The first-order valence-corrected chi connectivity index (χ1v) is 5.10. The van der Waals surface area contributed by atoms with E-state index in [4.69, 9.17) is 16.9 Å². The molecule has 1 aromatic rings. The van der Waals surface area contributed by atoms with Crippen molar-refractivity contribution in [1.29, 1.82) is 5.26 Å². The fourth-order valence-electron chi connectivity index (χ4n) is 0.900. The minimum Gasteiger partial charge on any atom is -0.323 e. The van der Waals surface area contributed by atoms with Gasteiger partial charge in [0.1, 0.15) is 11.8 Å². The van der Waals surface area contributed by atoms with Crippen molar-refractivity contribution in [2.75, 3.05) is 5.32 Å². The van der Waals surface area contributed by atoms with Crippen LogP contribution in [0.3, 0.4) is 0 Å². The molecule has 0 saturated carbocycles. The molecule has 1 amide bonds. The summed E-state index contributed by atoms with van der Waals surface area (Å²) in [4.78, 5) is 15.5. The number of nitriles is 1. The highest BCUT2D eigenvalue weighted by molar-refractivity contribution is 6.32. The smallest absolute Gasteiger partial charge is 0.229 e. The second-order valence-electron chi connectivity index (χ2n) is 4.35. The number of nitrogens with zero attached hydrogens (tertiary/aromatic N) is 2. The minimum atomic E-state index is -0.503. The maximum atomic E-state index is 11.7. The Morgan fingerprint density at radius 2 is 2.12 bits per heavy atom. The first-order chi connectivity index (χ1) is 7.34. The molecule has 16 heavy (non-hydrogen) atoms. The lowest BCUT2D eigenvalue weighted by atomic mass is 9.95. The van der Waals surface area contributed by atoms with Crippen molar-refractivity contribution < 1.29 is 4.79 Å². The van der Waals surface area contributed by atoms with Gasteiger partial charge in [0.15, 0.2) is 5.15 Å². The summed E-state index contributed by atoms with van der Waals surface area (Å²) < 4.78 is 0. The zero-order chi connectivity index (χ0) is 12.3. The molecular formula is C11H12ClN3O. The fraction of sp³-hybridized carbons (Fsp3) is 0.364. The monoisotopic (exact) mass is 237 g/mol. The van der Waals surface area contributed by atoms with Gasteiger partial charge in [-0.2, -0.15) is 5.26 Å². The topological polar surface area (TPSA) is 65.8 Å². The van der Waals surface area contributed by atoms with Gasteiger partial charge in [-0.1, -0.05) is 32.4 Å². The van der Waals surface area contributed by atoms with Crippen LogP contribution in [-0.2, 0) is 4.79 Å². The third kappa shape index (κ3) is 2.94. The second kappa shape index (κ2) is 4.50. The molecule has 1 N–H and O–H groups in total. The molecule has 4 nitrogen and oxygen atoms in total. The maximum absolute atomic E-state index is 11.7. The molecule has 0 fully saturated rings. The predicted octanol–water partition coefficient (Wildman–Crippen LogP) is 2.59. The highest BCUT2D eigenvalue weighted by Crippen LogP contribution is 2.22. The number of rotatable bonds is 1. The molecule has 0 spiro atoms. The normalized spacial score (nSPS) is 10.7. The van der Waals surface area contributed by atoms with Crippen molar-refractivity contribution >= 4 is 23.2 Å². The third-order valence-electron chi connectivity index (χ3n) is 1.89. The Kier molecular flexibility index (Phi) is 3.51. The Balaban J connectivity index is 2.92. The summed E-state index contributed by atoms with van der Waals surface area (Å²) in [7, 11) is 0. The van der Waals surface area contributed by atoms with Gasteiger partial charge in [0.25, 0.3) is 0 Å². The highest BCUT2D eigenvalue weighted by Gasteiger charge is 2.22. The molecule has 5 heteroatoms. The molecular weight excluding hydrogens is 226 g/mol. The molecule has 0 bridgehead atoms. The third-order valence-corrected chi connectivity index (χ3v) is 2.18. The molecule has 0 aliphatic heterocycles. The first kappa shape index (κ1) is 12.5. The van der Waals surface area contributed by atoms with E-state index in [1.807, 2.05) is 6.07 Å². The van der Waals surface area contributed by atoms with Crippen molar-refractivity contribution in [3.63, 3.8) is 0 Å². The summed E-state index contributed by atoms with van der Waals surface area (Å²) >= 11 is 5.83. The van der Waals surface area contributed by atoms with E-state index in [0.29, 0.717) is 5.69 Å². The zero-order valence-electron chi connectivity index (χ0n) is 9.34. The van der Waals surface area contributed by atoms with Crippen LogP contribution >= 0.6 is 11.6 Å². The summed E-state index contributed by atoms with van der Waals surface area (Å²) in [5.74, 6) is -0.152. The molecule has 1 aromatic heterocycles. The number of nitrogens with one attached hydrogen (secondary N) is 1. The summed E-state index contributed by atoms with van der Waals surface area (Å²) in [5.41, 5.74) is 0.136. The first-order valence-electron chi connectivity index (χ1n) is 4.72. The van der Waals surface area contributed by atoms with E-state index in [9.17, 15) is 4.79 Å². The number of carbonyl (C=O) groups is 1. The van der Waals surface area contributed by atoms with Crippen LogP contribution < -0.4 is 5.32 Å². The van der Waals surface area contributed by atoms with Gasteiger partial charge in [0.2, 0.25) is 5.91 Å². The van der Waals surface area contributed by atoms with E-state index in [-0.39, 0.29) is 16.8 Å². The van der Waals surface area contributed by atoms with E-state index in [2.05, 4.69) is 10.3 Å². The second-order valence-corrected chi connectivity index (χ2v) is 4.71. The molecule has 1 heterocycles. The average molecular weight is 238 g/mol. The van der Waals surface area contributed by atoms with Gasteiger partial charge < -0.3 is 5.32 Å². The number of amides is 1. The quantitative estimate of drug-likeness (QED) is 0.764. The van der Waals surface area contributed by atoms with Crippen LogP contribution in [0.2, 0.25) is 5.15 Å². The number of anilines is 1. The molecule has 0 aliphatic rings. The molecule has 0 radical (unpaired) electrons. The van der Waals surface area contributed by atoms with Gasteiger partial charge in [0, 0.05) is 5.41 Å². The molecule has 0 saturated heterocycles. The van der Waals surface area contributed by atoms with Gasteiger partial charge in [-0.3, -0.25) is 4.79 Å². The average Bonchev–Trinajstić information content (AvgIpc) is 2.19. The predicted molar refractivity (Wildman–Crippen MR) is 62.0 cm³/mol. The summed E-state index contributed by atoms with van der Waals surface area (Å²) in [5, 5.41) is 11.4. The lowest BCUT2D eigenvalue weighted by molar-refractivity contribution is -0.123. The number of hydrogen-bond donors (Lipinski definition) is 1. The van der Waals surface area contributed by atoms with E-state index in [0.717, 1.165) is 0 Å². The highest BCUT2D eigenvalue weighted by atomic mass is 35.5. The van der Waals surface area contributed by atoms with Crippen molar-refractivity contribution in [3.05, 3.63) is 23.0 Å². The molecule has 0 aromatic carbocycles. The Hall–Kier alpha value is -1.60. The number of carbonyl (C=O) groups excluding carboxylic acids is 1. The zero-order valence-corrected chi connectivity index (χ0v) is 10.1.